The second-order valence-electron chi connectivity index (χ2n) is 4.66. The van der Waals surface area contributed by atoms with E-state index in [9.17, 15) is 8.42 Å². The molecule has 0 atom stereocenters. The third-order valence-electron chi connectivity index (χ3n) is 3.03. The molecule has 110 valence electrons. The Labute approximate surface area is 123 Å². The van der Waals surface area contributed by atoms with Gasteiger partial charge >= 0.3 is 10.1 Å². The Balaban J connectivity index is 1.89. The van der Waals surface area contributed by atoms with Crippen LogP contribution < -0.4 is 13.7 Å². The highest BCUT2D eigenvalue weighted by molar-refractivity contribution is 7.87. The van der Waals surface area contributed by atoms with Crippen molar-refractivity contribution < 1.29 is 22.1 Å². The van der Waals surface area contributed by atoms with Gasteiger partial charge in [-0.05, 0) is 31.2 Å². The molecule has 2 aromatic carbocycles. The molecule has 0 saturated heterocycles. The largest absolute Gasteiger partial charge is 0.486 e. The van der Waals surface area contributed by atoms with Gasteiger partial charge < -0.3 is 13.7 Å². The van der Waals surface area contributed by atoms with Crippen molar-refractivity contribution in [2.75, 3.05) is 13.2 Å². The van der Waals surface area contributed by atoms with E-state index in [2.05, 4.69) is 0 Å². The van der Waals surface area contributed by atoms with Crippen LogP contribution in [0.2, 0.25) is 0 Å². The summed E-state index contributed by atoms with van der Waals surface area (Å²) in [5.74, 6) is 1.22. The molecule has 0 aromatic heterocycles. The molecular formula is C15H14O5S. The van der Waals surface area contributed by atoms with E-state index in [-0.39, 0.29) is 10.6 Å². The molecule has 3 rings (SSSR count). The first-order chi connectivity index (χ1) is 10.0. The molecule has 1 aliphatic heterocycles. The molecular weight excluding hydrogens is 292 g/mol. The normalized spacial score (nSPS) is 13.8. The first-order valence-electron chi connectivity index (χ1n) is 6.45. The number of hydrogen-bond donors (Lipinski definition) is 0. The van der Waals surface area contributed by atoms with Crippen molar-refractivity contribution >= 4 is 10.1 Å². The predicted octanol–water partition coefficient (Wildman–Crippen LogP) is 2.53. The Hall–Kier alpha value is -2.21. The van der Waals surface area contributed by atoms with Crippen molar-refractivity contribution in [3.05, 3.63) is 48.0 Å². The maximum Gasteiger partial charge on any atom is 0.339 e. The molecule has 21 heavy (non-hydrogen) atoms. The minimum atomic E-state index is -3.90. The second-order valence-corrected chi connectivity index (χ2v) is 6.20. The fourth-order valence-electron chi connectivity index (χ4n) is 1.95. The maximum atomic E-state index is 12.3. The molecule has 1 heterocycles. The van der Waals surface area contributed by atoms with Crippen LogP contribution in [0.1, 0.15) is 5.56 Å². The van der Waals surface area contributed by atoms with Gasteiger partial charge in [0.05, 0.1) is 0 Å². The van der Waals surface area contributed by atoms with Crippen LogP contribution in [-0.4, -0.2) is 21.6 Å². The molecule has 0 saturated carbocycles. The molecule has 5 nitrogen and oxygen atoms in total. The number of fused-ring (bicyclic) bond motifs is 1. The van der Waals surface area contributed by atoms with E-state index < -0.39 is 10.1 Å². The second kappa shape index (κ2) is 5.29. The smallest absolute Gasteiger partial charge is 0.339 e. The number of ether oxygens (including phenoxy) is 2. The predicted molar refractivity (Wildman–Crippen MR) is 76.4 cm³/mol. The summed E-state index contributed by atoms with van der Waals surface area (Å²) < 4.78 is 40.4. The quantitative estimate of drug-likeness (QED) is 0.815. The van der Waals surface area contributed by atoms with Gasteiger partial charge in [-0.2, -0.15) is 8.42 Å². The number of aryl methyl sites for hydroxylation is 1. The molecule has 0 fully saturated rings. The summed E-state index contributed by atoms with van der Waals surface area (Å²) in [5, 5.41) is 0. The van der Waals surface area contributed by atoms with E-state index in [1.54, 1.807) is 30.3 Å². The van der Waals surface area contributed by atoms with E-state index in [0.717, 1.165) is 5.56 Å². The topological polar surface area (TPSA) is 61.8 Å². The Morgan fingerprint density at radius 1 is 0.952 bits per heavy atom. The van der Waals surface area contributed by atoms with Crippen LogP contribution in [0.3, 0.4) is 0 Å². The summed E-state index contributed by atoms with van der Waals surface area (Å²) in [7, 11) is -3.90. The van der Waals surface area contributed by atoms with Gasteiger partial charge in [-0.3, -0.25) is 0 Å². The van der Waals surface area contributed by atoms with Gasteiger partial charge in [0.15, 0.2) is 11.5 Å². The van der Waals surface area contributed by atoms with Crippen LogP contribution in [0.15, 0.2) is 47.4 Å². The summed E-state index contributed by atoms with van der Waals surface area (Å²) in [4.78, 5) is 0.0346. The van der Waals surface area contributed by atoms with Crippen LogP contribution in [-0.2, 0) is 10.1 Å². The van der Waals surface area contributed by atoms with Crippen LogP contribution in [0.25, 0.3) is 0 Å². The molecule has 2 aromatic rings. The van der Waals surface area contributed by atoms with Crippen LogP contribution in [0, 0.1) is 6.92 Å². The van der Waals surface area contributed by atoms with Gasteiger partial charge in [0.25, 0.3) is 0 Å². The van der Waals surface area contributed by atoms with E-state index in [4.69, 9.17) is 13.7 Å². The SMILES string of the molecule is Cc1ccc(OS(=O)(=O)c2ccc3c(c2)OCCO3)cc1. The fourth-order valence-corrected chi connectivity index (χ4v) is 2.89. The van der Waals surface area contributed by atoms with Crippen LogP contribution in [0.5, 0.6) is 17.2 Å². The van der Waals surface area contributed by atoms with E-state index in [1.165, 1.54) is 12.1 Å². The molecule has 1 aliphatic rings. The minimum Gasteiger partial charge on any atom is -0.486 e. The first-order valence-corrected chi connectivity index (χ1v) is 7.86. The molecule has 0 bridgehead atoms. The summed E-state index contributed by atoms with van der Waals surface area (Å²) in [5.41, 5.74) is 1.03. The van der Waals surface area contributed by atoms with Crippen molar-refractivity contribution in [2.24, 2.45) is 0 Å². The number of hydrogen-bond acceptors (Lipinski definition) is 5. The van der Waals surface area contributed by atoms with Crippen molar-refractivity contribution in [1.82, 2.24) is 0 Å². The fraction of sp³-hybridized carbons (Fsp3) is 0.200. The lowest BCUT2D eigenvalue weighted by molar-refractivity contribution is 0.171. The van der Waals surface area contributed by atoms with E-state index >= 15 is 0 Å². The molecule has 0 radical (unpaired) electrons. The maximum absolute atomic E-state index is 12.3. The Morgan fingerprint density at radius 3 is 2.33 bits per heavy atom. The molecule has 0 aliphatic carbocycles. The van der Waals surface area contributed by atoms with Gasteiger partial charge in [0.2, 0.25) is 0 Å². The molecule has 0 spiro atoms. The third kappa shape index (κ3) is 2.95. The minimum absolute atomic E-state index is 0.0346. The van der Waals surface area contributed by atoms with E-state index in [1.807, 2.05) is 6.92 Å². The van der Waals surface area contributed by atoms with Gasteiger partial charge in [-0.1, -0.05) is 17.7 Å². The highest BCUT2D eigenvalue weighted by atomic mass is 32.2. The lowest BCUT2D eigenvalue weighted by Crippen LogP contribution is -2.16. The highest BCUT2D eigenvalue weighted by Crippen LogP contribution is 2.33. The van der Waals surface area contributed by atoms with Crippen molar-refractivity contribution in [1.29, 1.82) is 0 Å². The highest BCUT2D eigenvalue weighted by Gasteiger charge is 2.21. The Kier molecular flexibility index (Phi) is 3.47. The molecule has 6 heteroatoms. The molecule has 0 amide bonds. The van der Waals surface area contributed by atoms with Crippen molar-refractivity contribution in [3.8, 4) is 17.2 Å². The number of benzene rings is 2. The summed E-state index contributed by atoms with van der Waals surface area (Å²) in [6.07, 6.45) is 0. The Morgan fingerprint density at radius 2 is 1.62 bits per heavy atom. The zero-order valence-corrected chi connectivity index (χ0v) is 12.2. The lowest BCUT2D eigenvalue weighted by atomic mass is 10.2. The molecule has 0 N–H and O–H groups in total. The summed E-state index contributed by atoms with van der Waals surface area (Å²) in [6, 6.07) is 11.2. The van der Waals surface area contributed by atoms with Gasteiger partial charge in [0, 0.05) is 6.07 Å². The monoisotopic (exact) mass is 306 g/mol. The zero-order valence-electron chi connectivity index (χ0n) is 11.4. The van der Waals surface area contributed by atoms with Gasteiger partial charge in [-0.15, -0.1) is 0 Å². The third-order valence-corrected chi connectivity index (χ3v) is 4.27. The Bertz CT molecular complexity index is 750. The van der Waals surface area contributed by atoms with Gasteiger partial charge in [-0.25, -0.2) is 0 Å². The standard InChI is InChI=1S/C15H14O5S/c1-11-2-4-12(5-3-11)20-21(16,17)13-6-7-14-15(10-13)19-9-8-18-14/h2-7,10H,8-9H2,1H3. The molecule has 0 unspecified atom stereocenters. The first kappa shape index (κ1) is 13.8. The average molecular weight is 306 g/mol. The van der Waals surface area contributed by atoms with Crippen LogP contribution >= 0.6 is 0 Å². The van der Waals surface area contributed by atoms with Crippen molar-refractivity contribution in [3.63, 3.8) is 0 Å². The summed E-state index contributed by atoms with van der Waals surface area (Å²) >= 11 is 0. The number of rotatable bonds is 3. The average Bonchev–Trinajstić information content (AvgIpc) is 2.49. The van der Waals surface area contributed by atoms with E-state index in [0.29, 0.717) is 24.7 Å². The summed E-state index contributed by atoms with van der Waals surface area (Å²) in [6.45, 7) is 2.77. The van der Waals surface area contributed by atoms with Crippen LogP contribution in [0.4, 0.5) is 0 Å². The lowest BCUT2D eigenvalue weighted by Gasteiger charge is -2.18. The zero-order chi connectivity index (χ0) is 14.9. The van der Waals surface area contributed by atoms with Gasteiger partial charge in [0.1, 0.15) is 23.9 Å². The van der Waals surface area contributed by atoms with Crippen molar-refractivity contribution in [2.45, 2.75) is 11.8 Å².